The number of para-hydroxylation sites is 1. The third-order valence-corrected chi connectivity index (χ3v) is 4.76. The Balaban J connectivity index is 2.27. The Kier molecular flexibility index (Phi) is 4.61. The summed E-state index contributed by atoms with van der Waals surface area (Å²) in [6.07, 6.45) is 1.79. The Hall–Kier alpha value is -2.63. The van der Waals surface area contributed by atoms with Gasteiger partial charge in [0.25, 0.3) is 0 Å². The number of hydrogen-bond donors (Lipinski definition) is 0. The molecule has 0 saturated carbocycles. The molecular weight excluding hydrogens is 328 g/mol. The standard InChI is InChI=1S/C20H26N4O2/c1-6-22(7-2)17(25)13-23-15-11-9-8-10-14(15)18-21-16(20(3,4)5)12-24(18)19(23)26/h8-12H,6-7,13H2,1-5H3. The normalized spacial score (nSPS) is 12.0. The third kappa shape index (κ3) is 3.00. The lowest BCUT2D eigenvalue weighted by Crippen LogP contribution is -2.37. The third-order valence-electron chi connectivity index (χ3n) is 4.76. The number of amides is 1. The van der Waals surface area contributed by atoms with Gasteiger partial charge in [0, 0.05) is 30.1 Å². The molecule has 0 aliphatic rings. The molecule has 0 atom stereocenters. The molecule has 0 saturated heterocycles. The maximum absolute atomic E-state index is 13.1. The van der Waals surface area contributed by atoms with E-state index in [-0.39, 0.29) is 23.6 Å². The number of hydrogen-bond acceptors (Lipinski definition) is 3. The first-order chi connectivity index (χ1) is 12.3. The quantitative estimate of drug-likeness (QED) is 0.724. The number of fused-ring (bicyclic) bond motifs is 3. The SMILES string of the molecule is CCN(CC)C(=O)Cn1c(=O)n2cc(C(C)(C)C)nc2c2ccccc21. The summed E-state index contributed by atoms with van der Waals surface area (Å²) in [7, 11) is 0. The van der Waals surface area contributed by atoms with Gasteiger partial charge >= 0.3 is 5.69 Å². The number of carbonyl (C=O) groups is 1. The summed E-state index contributed by atoms with van der Waals surface area (Å²) in [6, 6.07) is 7.62. The average molecular weight is 354 g/mol. The van der Waals surface area contributed by atoms with Crippen molar-refractivity contribution in [2.45, 2.75) is 46.6 Å². The molecule has 0 radical (unpaired) electrons. The molecule has 0 bridgehead atoms. The first-order valence-corrected chi connectivity index (χ1v) is 9.06. The summed E-state index contributed by atoms with van der Waals surface area (Å²) in [4.78, 5) is 32.2. The second-order valence-electron chi connectivity index (χ2n) is 7.52. The summed E-state index contributed by atoms with van der Waals surface area (Å²) in [5.74, 6) is -0.0576. The minimum atomic E-state index is -0.234. The van der Waals surface area contributed by atoms with E-state index in [1.54, 1.807) is 20.1 Å². The van der Waals surface area contributed by atoms with Crippen LogP contribution in [0.5, 0.6) is 0 Å². The van der Waals surface area contributed by atoms with Crippen molar-refractivity contribution in [3.05, 3.63) is 46.6 Å². The van der Waals surface area contributed by atoms with Crippen molar-refractivity contribution in [2.75, 3.05) is 13.1 Å². The van der Waals surface area contributed by atoms with E-state index in [9.17, 15) is 9.59 Å². The smallest absolute Gasteiger partial charge is 0.334 e. The fraction of sp³-hybridized carbons (Fsp3) is 0.450. The second kappa shape index (κ2) is 6.59. The predicted octanol–water partition coefficient (Wildman–Crippen LogP) is 2.82. The van der Waals surface area contributed by atoms with E-state index in [2.05, 4.69) is 20.8 Å². The van der Waals surface area contributed by atoms with Gasteiger partial charge in [-0.1, -0.05) is 32.9 Å². The molecule has 138 valence electrons. The van der Waals surface area contributed by atoms with E-state index in [1.807, 2.05) is 38.1 Å². The minimum Gasteiger partial charge on any atom is -0.342 e. The molecule has 0 aliphatic heterocycles. The molecule has 3 rings (SSSR count). The van der Waals surface area contributed by atoms with Crippen LogP contribution in [0.1, 0.15) is 40.3 Å². The fourth-order valence-electron chi connectivity index (χ4n) is 3.17. The molecule has 1 amide bonds. The van der Waals surface area contributed by atoms with Crippen molar-refractivity contribution in [1.82, 2.24) is 18.9 Å². The van der Waals surface area contributed by atoms with Gasteiger partial charge in [-0.2, -0.15) is 0 Å². The van der Waals surface area contributed by atoms with Gasteiger partial charge in [0.2, 0.25) is 5.91 Å². The van der Waals surface area contributed by atoms with Crippen LogP contribution in [-0.4, -0.2) is 37.8 Å². The van der Waals surface area contributed by atoms with E-state index in [0.717, 1.165) is 16.6 Å². The first-order valence-electron chi connectivity index (χ1n) is 9.06. The van der Waals surface area contributed by atoms with E-state index >= 15 is 0 Å². The molecule has 6 heteroatoms. The topological polar surface area (TPSA) is 59.6 Å². The zero-order valence-electron chi connectivity index (χ0n) is 16.1. The highest BCUT2D eigenvalue weighted by atomic mass is 16.2. The summed E-state index contributed by atoms with van der Waals surface area (Å²) in [6.45, 7) is 11.4. The Morgan fingerprint density at radius 2 is 1.81 bits per heavy atom. The van der Waals surface area contributed by atoms with Crippen molar-refractivity contribution in [1.29, 1.82) is 0 Å². The van der Waals surface area contributed by atoms with E-state index < -0.39 is 0 Å². The predicted molar refractivity (Wildman–Crippen MR) is 104 cm³/mol. The van der Waals surface area contributed by atoms with Crippen LogP contribution in [0.15, 0.2) is 35.3 Å². The number of benzene rings is 1. The molecule has 6 nitrogen and oxygen atoms in total. The van der Waals surface area contributed by atoms with Gasteiger partial charge in [0.1, 0.15) is 6.54 Å². The molecule has 0 N–H and O–H groups in total. The number of aromatic nitrogens is 3. The van der Waals surface area contributed by atoms with E-state index in [4.69, 9.17) is 4.98 Å². The van der Waals surface area contributed by atoms with E-state index in [0.29, 0.717) is 18.7 Å². The average Bonchev–Trinajstić information content (AvgIpc) is 3.06. The number of carbonyl (C=O) groups excluding carboxylic acids is 1. The van der Waals surface area contributed by atoms with Gasteiger partial charge in [0.05, 0.1) is 11.2 Å². The summed E-state index contributed by atoms with van der Waals surface area (Å²) >= 11 is 0. The molecule has 0 spiro atoms. The van der Waals surface area contributed by atoms with Gasteiger partial charge in [0.15, 0.2) is 5.65 Å². The maximum Gasteiger partial charge on any atom is 0.334 e. The summed E-state index contributed by atoms with van der Waals surface area (Å²) in [5.41, 5.74) is 1.83. The van der Waals surface area contributed by atoms with Gasteiger partial charge in [-0.15, -0.1) is 0 Å². The fourth-order valence-corrected chi connectivity index (χ4v) is 3.17. The molecule has 2 heterocycles. The van der Waals surface area contributed by atoms with Crippen LogP contribution < -0.4 is 5.69 Å². The number of imidazole rings is 1. The van der Waals surface area contributed by atoms with Crippen molar-refractivity contribution in [3.63, 3.8) is 0 Å². The van der Waals surface area contributed by atoms with Crippen molar-refractivity contribution in [2.24, 2.45) is 0 Å². The minimum absolute atomic E-state index is 0.0278. The highest BCUT2D eigenvalue weighted by Gasteiger charge is 2.22. The molecule has 0 fully saturated rings. The van der Waals surface area contributed by atoms with Crippen LogP contribution in [0.25, 0.3) is 16.6 Å². The Morgan fingerprint density at radius 1 is 1.15 bits per heavy atom. The lowest BCUT2D eigenvalue weighted by molar-refractivity contribution is -0.131. The van der Waals surface area contributed by atoms with Gasteiger partial charge in [-0.05, 0) is 26.0 Å². The highest BCUT2D eigenvalue weighted by molar-refractivity contribution is 5.92. The molecule has 0 aliphatic carbocycles. The van der Waals surface area contributed by atoms with E-state index in [1.165, 1.54) is 0 Å². The Bertz CT molecular complexity index is 1020. The molecule has 1 aromatic carbocycles. The highest BCUT2D eigenvalue weighted by Crippen LogP contribution is 2.24. The maximum atomic E-state index is 13.1. The summed E-state index contributed by atoms with van der Waals surface area (Å²) < 4.78 is 3.12. The van der Waals surface area contributed by atoms with Crippen LogP contribution in [0, 0.1) is 0 Å². The largest absolute Gasteiger partial charge is 0.342 e. The Labute approximate surface area is 153 Å². The number of nitrogens with zero attached hydrogens (tertiary/aromatic N) is 4. The molecular formula is C20H26N4O2. The van der Waals surface area contributed by atoms with Crippen molar-refractivity contribution in [3.8, 4) is 0 Å². The van der Waals surface area contributed by atoms with Crippen molar-refractivity contribution < 1.29 is 4.79 Å². The molecule has 0 unspecified atom stereocenters. The molecule has 26 heavy (non-hydrogen) atoms. The Morgan fingerprint density at radius 3 is 2.42 bits per heavy atom. The zero-order valence-corrected chi connectivity index (χ0v) is 16.1. The second-order valence-corrected chi connectivity index (χ2v) is 7.52. The monoisotopic (exact) mass is 354 g/mol. The number of likely N-dealkylation sites (N-methyl/N-ethyl adjacent to an activating group) is 1. The summed E-state index contributed by atoms with van der Waals surface area (Å²) in [5, 5.41) is 0.870. The number of rotatable bonds is 4. The molecule has 2 aromatic heterocycles. The van der Waals surface area contributed by atoms with Crippen LogP contribution in [-0.2, 0) is 16.8 Å². The van der Waals surface area contributed by atoms with Gasteiger partial charge in [-0.3, -0.25) is 13.8 Å². The molecule has 3 aromatic rings. The van der Waals surface area contributed by atoms with Crippen LogP contribution in [0.4, 0.5) is 0 Å². The lowest BCUT2D eigenvalue weighted by Gasteiger charge is -2.20. The van der Waals surface area contributed by atoms with Crippen molar-refractivity contribution >= 4 is 22.5 Å². The van der Waals surface area contributed by atoms with Crippen LogP contribution in [0.3, 0.4) is 0 Å². The van der Waals surface area contributed by atoms with Crippen LogP contribution in [0.2, 0.25) is 0 Å². The first kappa shape index (κ1) is 18.2. The lowest BCUT2D eigenvalue weighted by atomic mass is 9.93. The zero-order chi connectivity index (χ0) is 19.1. The van der Waals surface area contributed by atoms with Gasteiger partial charge in [-0.25, -0.2) is 9.78 Å². The van der Waals surface area contributed by atoms with Crippen LogP contribution >= 0.6 is 0 Å². The van der Waals surface area contributed by atoms with Gasteiger partial charge < -0.3 is 4.90 Å².